The van der Waals surface area contributed by atoms with Crippen LogP contribution in [0, 0.1) is 5.82 Å². The average Bonchev–Trinajstić information content (AvgIpc) is 3.29. The summed E-state index contributed by atoms with van der Waals surface area (Å²) in [4.78, 5) is 21.1. The topological polar surface area (TPSA) is 53.7 Å². The molecule has 5 rings (SSSR count). The van der Waals surface area contributed by atoms with E-state index in [1.54, 1.807) is 4.90 Å². The molecule has 1 fully saturated rings. The van der Waals surface area contributed by atoms with Crippen LogP contribution in [0.2, 0.25) is 5.02 Å². The molecule has 0 bridgehead atoms. The maximum atomic E-state index is 13.8. The van der Waals surface area contributed by atoms with E-state index in [-0.39, 0.29) is 17.0 Å². The molecule has 1 saturated heterocycles. The van der Waals surface area contributed by atoms with E-state index in [0.717, 1.165) is 23.8 Å². The summed E-state index contributed by atoms with van der Waals surface area (Å²) in [5.41, 5.74) is -0.0128. The number of alkyl halides is 3. The Morgan fingerprint density at radius 1 is 0.972 bits per heavy atom. The molecule has 3 heterocycles. The quantitative estimate of drug-likeness (QED) is 0.351. The highest BCUT2D eigenvalue weighted by molar-refractivity contribution is 6.31. The van der Waals surface area contributed by atoms with Gasteiger partial charge in [-0.3, -0.25) is 9.69 Å². The number of halogens is 5. The smallest absolute Gasteiger partial charge is 0.335 e. The Balaban J connectivity index is 1.38. The lowest BCUT2D eigenvalue weighted by Crippen LogP contribution is -2.48. The fraction of sp³-hybridized carbons (Fsp3) is 0.240. The maximum Gasteiger partial charge on any atom is 0.433 e. The number of nitrogens with zero attached hydrogens (tertiary/aromatic N) is 5. The Morgan fingerprint density at radius 3 is 2.33 bits per heavy atom. The van der Waals surface area contributed by atoms with Crippen molar-refractivity contribution >= 4 is 23.2 Å². The number of hydrogen-bond donors (Lipinski definition) is 0. The molecule has 1 aliphatic rings. The van der Waals surface area contributed by atoms with Gasteiger partial charge in [0.15, 0.2) is 17.0 Å². The van der Waals surface area contributed by atoms with E-state index in [9.17, 15) is 22.4 Å². The molecule has 0 aliphatic carbocycles. The monoisotopic (exact) mass is 517 g/mol. The van der Waals surface area contributed by atoms with Gasteiger partial charge in [-0.1, -0.05) is 29.8 Å². The van der Waals surface area contributed by atoms with Crippen molar-refractivity contribution in [3.63, 3.8) is 0 Å². The standard InChI is InChI=1S/C25H20ClF4N5O/c26-19-4-2-1-3-17(19)15-33-9-11-34(12-10-33)24(36)21-14-23-31-20(16-5-7-18(27)8-6-16)13-22(25(28,29)30)35(23)32-21/h1-8,13-14H,9-12,15H2. The Morgan fingerprint density at radius 2 is 1.67 bits per heavy atom. The lowest BCUT2D eigenvalue weighted by Gasteiger charge is -2.34. The predicted molar refractivity (Wildman–Crippen MR) is 126 cm³/mol. The second kappa shape index (κ2) is 9.51. The molecule has 0 saturated carbocycles. The number of aromatic nitrogens is 3. The number of amides is 1. The Hall–Kier alpha value is -3.50. The van der Waals surface area contributed by atoms with Gasteiger partial charge in [0.2, 0.25) is 0 Å². The zero-order valence-electron chi connectivity index (χ0n) is 18.8. The van der Waals surface area contributed by atoms with Crippen LogP contribution in [0.3, 0.4) is 0 Å². The third-order valence-electron chi connectivity index (χ3n) is 6.09. The molecule has 4 aromatic rings. The van der Waals surface area contributed by atoms with Gasteiger partial charge in [0, 0.05) is 49.4 Å². The average molecular weight is 518 g/mol. The Bertz CT molecular complexity index is 1410. The van der Waals surface area contributed by atoms with E-state index < -0.39 is 23.6 Å². The van der Waals surface area contributed by atoms with Gasteiger partial charge in [-0.05, 0) is 42.0 Å². The summed E-state index contributed by atoms with van der Waals surface area (Å²) in [6.07, 6.45) is -4.74. The van der Waals surface area contributed by atoms with Crippen LogP contribution in [0.25, 0.3) is 16.9 Å². The molecule has 0 unspecified atom stereocenters. The minimum atomic E-state index is -4.74. The lowest BCUT2D eigenvalue weighted by atomic mass is 10.1. The van der Waals surface area contributed by atoms with Gasteiger partial charge >= 0.3 is 6.18 Å². The van der Waals surface area contributed by atoms with Gasteiger partial charge in [0.1, 0.15) is 5.82 Å². The molecule has 11 heteroatoms. The SMILES string of the molecule is O=C(c1cc2nc(-c3ccc(F)cc3)cc(C(F)(F)F)n2n1)N1CCN(Cc2ccccc2Cl)CC1. The van der Waals surface area contributed by atoms with E-state index in [2.05, 4.69) is 15.0 Å². The van der Waals surface area contributed by atoms with Crippen molar-refractivity contribution in [3.05, 3.63) is 88.5 Å². The van der Waals surface area contributed by atoms with E-state index in [1.807, 2.05) is 24.3 Å². The third kappa shape index (κ3) is 4.91. The van der Waals surface area contributed by atoms with E-state index >= 15 is 0 Å². The van der Waals surface area contributed by atoms with Gasteiger partial charge in [-0.15, -0.1) is 0 Å². The Labute approximate surface area is 208 Å². The number of carbonyl (C=O) groups is 1. The first-order valence-corrected chi connectivity index (χ1v) is 11.6. The molecule has 1 aliphatic heterocycles. The Kier molecular flexibility index (Phi) is 6.40. The molecule has 2 aromatic heterocycles. The molecule has 0 spiro atoms. The molecule has 186 valence electrons. The van der Waals surface area contributed by atoms with Crippen molar-refractivity contribution in [2.24, 2.45) is 0 Å². The molecule has 0 N–H and O–H groups in total. The fourth-order valence-electron chi connectivity index (χ4n) is 4.19. The molecule has 0 radical (unpaired) electrons. The van der Waals surface area contributed by atoms with Crippen molar-refractivity contribution in [2.45, 2.75) is 12.7 Å². The first-order chi connectivity index (χ1) is 17.2. The van der Waals surface area contributed by atoms with Crippen LogP contribution in [-0.2, 0) is 12.7 Å². The van der Waals surface area contributed by atoms with Gasteiger partial charge in [0.05, 0.1) is 5.69 Å². The molecule has 2 aromatic carbocycles. The van der Waals surface area contributed by atoms with Crippen molar-refractivity contribution in [1.29, 1.82) is 0 Å². The molecular formula is C25H20ClF4N5O. The molecule has 0 atom stereocenters. The summed E-state index contributed by atoms with van der Waals surface area (Å²) in [5.74, 6) is -0.977. The van der Waals surface area contributed by atoms with E-state index in [0.29, 0.717) is 47.8 Å². The highest BCUT2D eigenvalue weighted by atomic mass is 35.5. The van der Waals surface area contributed by atoms with Crippen LogP contribution in [0.5, 0.6) is 0 Å². The predicted octanol–water partition coefficient (Wildman–Crippen LogP) is 5.17. The number of fused-ring (bicyclic) bond motifs is 1. The summed E-state index contributed by atoms with van der Waals surface area (Å²) in [6.45, 7) is 2.62. The maximum absolute atomic E-state index is 13.8. The largest absolute Gasteiger partial charge is 0.433 e. The van der Waals surface area contributed by atoms with Crippen LogP contribution >= 0.6 is 11.6 Å². The van der Waals surface area contributed by atoms with Crippen LogP contribution in [0.4, 0.5) is 17.6 Å². The zero-order valence-corrected chi connectivity index (χ0v) is 19.6. The van der Waals surface area contributed by atoms with Crippen molar-refractivity contribution in [3.8, 4) is 11.3 Å². The van der Waals surface area contributed by atoms with Crippen LogP contribution in [0.1, 0.15) is 21.7 Å². The summed E-state index contributed by atoms with van der Waals surface area (Å²) in [6, 6.07) is 14.6. The summed E-state index contributed by atoms with van der Waals surface area (Å²) in [5, 5.41) is 4.63. The highest BCUT2D eigenvalue weighted by Crippen LogP contribution is 2.32. The minimum Gasteiger partial charge on any atom is -0.335 e. The second-order valence-electron chi connectivity index (χ2n) is 8.49. The second-order valence-corrected chi connectivity index (χ2v) is 8.90. The molecular weight excluding hydrogens is 498 g/mol. The summed E-state index contributed by atoms with van der Waals surface area (Å²) < 4.78 is 55.4. The van der Waals surface area contributed by atoms with Crippen LogP contribution in [0.15, 0.2) is 60.7 Å². The van der Waals surface area contributed by atoms with Crippen molar-refractivity contribution in [2.75, 3.05) is 26.2 Å². The third-order valence-corrected chi connectivity index (χ3v) is 6.46. The van der Waals surface area contributed by atoms with Gasteiger partial charge < -0.3 is 4.90 Å². The number of hydrogen-bond acceptors (Lipinski definition) is 4. The van der Waals surface area contributed by atoms with Crippen molar-refractivity contribution in [1.82, 2.24) is 24.4 Å². The normalized spacial score (nSPS) is 15.0. The number of benzene rings is 2. The number of carbonyl (C=O) groups excluding carboxylic acids is 1. The minimum absolute atomic E-state index is 0.00177. The van der Waals surface area contributed by atoms with Crippen molar-refractivity contribution < 1.29 is 22.4 Å². The number of piperazine rings is 1. The fourth-order valence-corrected chi connectivity index (χ4v) is 4.38. The van der Waals surface area contributed by atoms with E-state index in [1.165, 1.54) is 18.2 Å². The first kappa shape index (κ1) is 24.2. The van der Waals surface area contributed by atoms with Gasteiger partial charge in [0.25, 0.3) is 5.91 Å². The summed E-state index contributed by atoms with van der Waals surface area (Å²) in [7, 11) is 0. The highest BCUT2D eigenvalue weighted by Gasteiger charge is 2.36. The van der Waals surface area contributed by atoms with Crippen LogP contribution < -0.4 is 0 Å². The van der Waals surface area contributed by atoms with Gasteiger partial charge in [-0.25, -0.2) is 13.9 Å². The number of rotatable bonds is 4. The van der Waals surface area contributed by atoms with Gasteiger partial charge in [-0.2, -0.15) is 18.3 Å². The molecule has 1 amide bonds. The first-order valence-electron chi connectivity index (χ1n) is 11.2. The molecule has 6 nitrogen and oxygen atoms in total. The van der Waals surface area contributed by atoms with E-state index in [4.69, 9.17) is 11.6 Å². The molecule has 36 heavy (non-hydrogen) atoms. The summed E-state index contributed by atoms with van der Waals surface area (Å²) >= 11 is 6.24. The zero-order chi connectivity index (χ0) is 25.4. The lowest BCUT2D eigenvalue weighted by molar-refractivity contribution is -0.142. The van der Waals surface area contributed by atoms with Crippen LogP contribution in [-0.4, -0.2) is 56.5 Å².